The molecule has 0 aliphatic carbocycles. The van der Waals surface area contributed by atoms with Gasteiger partial charge in [-0.15, -0.1) is 24.8 Å². The Bertz CT molecular complexity index is 190. The van der Waals surface area contributed by atoms with Gasteiger partial charge in [0.25, 0.3) is 0 Å². The summed E-state index contributed by atoms with van der Waals surface area (Å²) in [6, 6.07) is 0.166. The zero-order valence-corrected chi connectivity index (χ0v) is 10.9. The van der Waals surface area contributed by atoms with Gasteiger partial charge in [0.2, 0.25) is 0 Å². The van der Waals surface area contributed by atoms with Crippen LogP contribution in [-0.4, -0.2) is 48.9 Å². The number of piperazine rings is 1. The molecule has 0 aromatic heterocycles. The molecule has 15 heavy (non-hydrogen) atoms. The molecule has 0 radical (unpaired) electrons. The molecule has 1 saturated heterocycles. The van der Waals surface area contributed by atoms with Crippen LogP contribution >= 0.6 is 24.8 Å². The molecule has 92 valence electrons. The third-order valence-electron chi connectivity index (χ3n) is 2.35. The van der Waals surface area contributed by atoms with Crippen LogP contribution in [0.2, 0.25) is 0 Å². The van der Waals surface area contributed by atoms with Crippen molar-refractivity contribution in [1.82, 2.24) is 10.2 Å². The van der Waals surface area contributed by atoms with Crippen LogP contribution in [0, 0.1) is 0 Å². The predicted octanol–water partition coefficient (Wildman–Crippen LogP) is 0.0400. The highest BCUT2D eigenvalue weighted by atomic mass is 35.5. The fraction of sp³-hybridized carbons (Fsp3) is 0.889. The van der Waals surface area contributed by atoms with Crippen molar-refractivity contribution in [1.29, 1.82) is 0 Å². The third kappa shape index (κ3) is 5.68. The molecule has 1 heterocycles. The lowest BCUT2D eigenvalue weighted by Crippen LogP contribution is -2.56. The quantitative estimate of drug-likeness (QED) is 0.750. The number of nitrogens with one attached hydrogen (secondary N) is 1. The van der Waals surface area contributed by atoms with Gasteiger partial charge in [-0.3, -0.25) is 9.69 Å². The zero-order valence-electron chi connectivity index (χ0n) is 9.23. The van der Waals surface area contributed by atoms with Gasteiger partial charge in [0.05, 0.1) is 6.04 Å². The first kappa shape index (κ1) is 17.5. The predicted molar refractivity (Wildman–Crippen MR) is 67.1 cm³/mol. The molecule has 0 saturated carbocycles. The minimum absolute atomic E-state index is 0. The van der Waals surface area contributed by atoms with Gasteiger partial charge in [-0.1, -0.05) is 0 Å². The fourth-order valence-electron chi connectivity index (χ4n) is 1.74. The highest BCUT2D eigenvalue weighted by molar-refractivity contribution is 5.85. The zero-order chi connectivity index (χ0) is 9.84. The Morgan fingerprint density at radius 3 is 2.67 bits per heavy atom. The van der Waals surface area contributed by atoms with E-state index in [-0.39, 0.29) is 42.7 Å². The summed E-state index contributed by atoms with van der Waals surface area (Å²) in [5.74, 6) is 0.229. The average Bonchev–Trinajstić information content (AvgIpc) is 2.03. The van der Waals surface area contributed by atoms with Crippen LogP contribution in [0.5, 0.6) is 0 Å². The molecule has 2 atom stereocenters. The molecular formula is C9H21Cl2N3O. The number of rotatable bonds is 3. The Labute approximate surface area is 104 Å². The van der Waals surface area contributed by atoms with E-state index in [0.717, 1.165) is 26.2 Å². The molecule has 0 aromatic rings. The van der Waals surface area contributed by atoms with Gasteiger partial charge < -0.3 is 11.1 Å². The number of hydrogen-bond acceptors (Lipinski definition) is 4. The summed E-state index contributed by atoms with van der Waals surface area (Å²) in [7, 11) is 0. The van der Waals surface area contributed by atoms with Crippen LogP contribution < -0.4 is 11.1 Å². The standard InChI is InChI=1S/C9H19N3O.2ClH/c1-7(10)6-12-4-3-11-5-9(12)8(2)13;;/h7,9,11H,3-6,10H2,1-2H3;2*1H. The highest BCUT2D eigenvalue weighted by Gasteiger charge is 2.25. The topological polar surface area (TPSA) is 58.4 Å². The van der Waals surface area contributed by atoms with Gasteiger partial charge in [0.1, 0.15) is 5.78 Å². The minimum atomic E-state index is 0. The lowest BCUT2D eigenvalue weighted by Gasteiger charge is -2.35. The van der Waals surface area contributed by atoms with Crippen LogP contribution in [0.15, 0.2) is 0 Å². The van der Waals surface area contributed by atoms with E-state index in [1.807, 2.05) is 6.92 Å². The summed E-state index contributed by atoms with van der Waals surface area (Å²) in [6.45, 7) is 7.07. The molecule has 3 N–H and O–H groups in total. The van der Waals surface area contributed by atoms with E-state index in [1.54, 1.807) is 6.92 Å². The Morgan fingerprint density at radius 1 is 1.60 bits per heavy atom. The summed E-state index contributed by atoms with van der Waals surface area (Å²) in [6.07, 6.45) is 0. The molecule has 1 rings (SSSR count). The average molecular weight is 258 g/mol. The van der Waals surface area contributed by atoms with Crippen molar-refractivity contribution in [2.75, 3.05) is 26.2 Å². The smallest absolute Gasteiger partial charge is 0.148 e. The van der Waals surface area contributed by atoms with Gasteiger partial charge in [-0.25, -0.2) is 0 Å². The summed E-state index contributed by atoms with van der Waals surface area (Å²) >= 11 is 0. The summed E-state index contributed by atoms with van der Waals surface area (Å²) in [4.78, 5) is 13.4. The minimum Gasteiger partial charge on any atom is -0.327 e. The summed E-state index contributed by atoms with van der Waals surface area (Å²) in [5.41, 5.74) is 5.71. The number of ketones is 1. The normalized spacial score (nSPS) is 23.5. The summed E-state index contributed by atoms with van der Waals surface area (Å²) in [5, 5.41) is 3.22. The van der Waals surface area contributed by atoms with Gasteiger partial charge in [-0.2, -0.15) is 0 Å². The second-order valence-corrected chi connectivity index (χ2v) is 3.80. The summed E-state index contributed by atoms with van der Waals surface area (Å²) < 4.78 is 0. The molecule has 0 spiro atoms. The van der Waals surface area contributed by atoms with Gasteiger partial charge in [0.15, 0.2) is 0 Å². The number of Topliss-reactive ketones (excluding diaryl/α,β-unsaturated/α-hetero) is 1. The van der Waals surface area contributed by atoms with Crippen molar-refractivity contribution in [3.8, 4) is 0 Å². The molecule has 6 heteroatoms. The van der Waals surface area contributed by atoms with Gasteiger partial charge in [0, 0.05) is 32.2 Å². The largest absolute Gasteiger partial charge is 0.327 e. The Balaban J connectivity index is 0. The van der Waals surface area contributed by atoms with Crippen LogP contribution in [0.3, 0.4) is 0 Å². The first-order valence-electron chi connectivity index (χ1n) is 4.82. The van der Waals surface area contributed by atoms with Crippen LogP contribution in [0.4, 0.5) is 0 Å². The fourth-order valence-corrected chi connectivity index (χ4v) is 1.74. The van der Waals surface area contributed by atoms with E-state index in [1.165, 1.54) is 0 Å². The number of hydrogen-bond donors (Lipinski definition) is 2. The monoisotopic (exact) mass is 257 g/mol. The third-order valence-corrected chi connectivity index (χ3v) is 2.35. The molecule has 0 bridgehead atoms. The van der Waals surface area contributed by atoms with E-state index in [4.69, 9.17) is 5.73 Å². The van der Waals surface area contributed by atoms with E-state index >= 15 is 0 Å². The first-order chi connectivity index (χ1) is 6.11. The molecule has 0 aromatic carbocycles. The van der Waals surface area contributed by atoms with Crippen molar-refractivity contribution >= 4 is 30.6 Å². The van der Waals surface area contributed by atoms with Crippen LogP contribution in [0.1, 0.15) is 13.8 Å². The first-order valence-corrected chi connectivity index (χ1v) is 4.82. The van der Waals surface area contributed by atoms with Crippen LogP contribution in [0.25, 0.3) is 0 Å². The maximum atomic E-state index is 11.3. The van der Waals surface area contributed by atoms with Gasteiger partial charge >= 0.3 is 0 Å². The number of nitrogens with zero attached hydrogens (tertiary/aromatic N) is 1. The van der Waals surface area contributed by atoms with Crippen molar-refractivity contribution in [3.05, 3.63) is 0 Å². The molecule has 1 aliphatic heterocycles. The van der Waals surface area contributed by atoms with E-state index < -0.39 is 0 Å². The van der Waals surface area contributed by atoms with Gasteiger partial charge in [-0.05, 0) is 13.8 Å². The van der Waals surface area contributed by atoms with E-state index in [2.05, 4.69) is 10.2 Å². The molecule has 1 aliphatic rings. The lowest BCUT2D eigenvalue weighted by molar-refractivity contribution is -0.122. The van der Waals surface area contributed by atoms with Crippen molar-refractivity contribution in [3.63, 3.8) is 0 Å². The van der Waals surface area contributed by atoms with Crippen molar-refractivity contribution in [2.45, 2.75) is 25.9 Å². The molecule has 0 amide bonds. The van der Waals surface area contributed by atoms with E-state index in [0.29, 0.717) is 0 Å². The Kier molecular flexibility index (Phi) is 9.70. The van der Waals surface area contributed by atoms with Crippen molar-refractivity contribution in [2.24, 2.45) is 5.73 Å². The van der Waals surface area contributed by atoms with Crippen LogP contribution in [-0.2, 0) is 4.79 Å². The number of carbonyl (C=O) groups excluding carboxylic acids is 1. The SMILES string of the molecule is CC(=O)C1CNCCN1CC(C)N.Cl.Cl. The number of halogens is 2. The Morgan fingerprint density at radius 2 is 2.20 bits per heavy atom. The van der Waals surface area contributed by atoms with E-state index in [9.17, 15) is 4.79 Å². The second-order valence-electron chi connectivity index (χ2n) is 3.80. The molecule has 4 nitrogen and oxygen atoms in total. The lowest BCUT2D eigenvalue weighted by atomic mass is 10.1. The number of nitrogens with two attached hydrogens (primary N) is 1. The maximum absolute atomic E-state index is 11.3. The molecule has 1 fully saturated rings. The Hall–Kier alpha value is 0.130. The molecular weight excluding hydrogens is 237 g/mol. The second kappa shape index (κ2) is 8.30. The molecule has 2 unspecified atom stereocenters. The highest BCUT2D eigenvalue weighted by Crippen LogP contribution is 2.04. The maximum Gasteiger partial charge on any atom is 0.148 e. The number of carbonyl (C=O) groups is 1. The van der Waals surface area contributed by atoms with Crippen molar-refractivity contribution < 1.29 is 4.79 Å².